The smallest absolute Gasteiger partial charge is 0.137 e. The van der Waals surface area contributed by atoms with Crippen LogP contribution in [0.15, 0.2) is 36.7 Å². The summed E-state index contributed by atoms with van der Waals surface area (Å²) in [4.78, 5) is 4.00. The Labute approximate surface area is 122 Å². The Balaban J connectivity index is 2.28. The van der Waals surface area contributed by atoms with Gasteiger partial charge in [-0.15, -0.1) is 0 Å². The minimum absolute atomic E-state index is 0.118. The van der Waals surface area contributed by atoms with Crippen LogP contribution < -0.4 is 4.74 Å². The minimum Gasteiger partial charge on any atom is -0.492 e. The second-order valence-corrected chi connectivity index (χ2v) is 4.81. The van der Waals surface area contributed by atoms with Crippen molar-refractivity contribution >= 4 is 11.6 Å². The molecule has 2 rings (SSSR count). The van der Waals surface area contributed by atoms with E-state index in [0.717, 1.165) is 6.42 Å². The Morgan fingerprint density at radius 2 is 2.15 bits per heavy atom. The molecule has 0 saturated carbocycles. The number of rotatable bonds is 5. The molecule has 3 nitrogen and oxygen atoms in total. The van der Waals surface area contributed by atoms with E-state index >= 15 is 0 Å². The second-order valence-electron chi connectivity index (χ2n) is 4.37. The van der Waals surface area contributed by atoms with Crippen molar-refractivity contribution in [2.24, 2.45) is 0 Å². The molecule has 1 heterocycles. The number of hydrogen-bond donors (Lipinski definition) is 1. The van der Waals surface area contributed by atoms with Gasteiger partial charge in [-0.1, -0.05) is 18.5 Å². The van der Waals surface area contributed by atoms with Gasteiger partial charge in [-0.25, -0.2) is 4.39 Å². The van der Waals surface area contributed by atoms with Gasteiger partial charge in [0.25, 0.3) is 0 Å². The summed E-state index contributed by atoms with van der Waals surface area (Å²) in [5.74, 6) is 0.0348. The van der Waals surface area contributed by atoms with Crippen LogP contribution in [-0.4, -0.2) is 16.7 Å². The SMILES string of the molecule is CCCOc1cncc(C(O)c2cc(Cl)ccc2F)c1. The molecule has 1 unspecified atom stereocenters. The van der Waals surface area contributed by atoms with Crippen LogP contribution in [0.2, 0.25) is 5.02 Å². The Bertz CT molecular complexity index is 592. The van der Waals surface area contributed by atoms with E-state index < -0.39 is 11.9 Å². The van der Waals surface area contributed by atoms with Crippen molar-refractivity contribution in [3.05, 3.63) is 58.6 Å². The van der Waals surface area contributed by atoms with Gasteiger partial charge < -0.3 is 9.84 Å². The lowest BCUT2D eigenvalue weighted by atomic mass is 10.0. The third-order valence-corrected chi connectivity index (χ3v) is 3.01. The zero-order chi connectivity index (χ0) is 14.5. The maximum absolute atomic E-state index is 13.7. The topological polar surface area (TPSA) is 42.4 Å². The lowest BCUT2D eigenvalue weighted by molar-refractivity contribution is 0.213. The van der Waals surface area contributed by atoms with Crippen LogP contribution in [0.1, 0.15) is 30.6 Å². The van der Waals surface area contributed by atoms with E-state index in [9.17, 15) is 9.50 Å². The van der Waals surface area contributed by atoms with Crippen LogP contribution in [0.4, 0.5) is 4.39 Å². The molecule has 0 amide bonds. The highest BCUT2D eigenvalue weighted by molar-refractivity contribution is 6.30. The first-order valence-corrected chi connectivity index (χ1v) is 6.70. The molecule has 1 aromatic heterocycles. The summed E-state index contributed by atoms with van der Waals surface area (Å²) in [7, 11) is 0. The van der Waals surface area contributed by atoms with E-state index in [1.807, 2.05) is 6.92 Å². The maximum Gasteiger partial charge on any atom is 0.137 e. The second kappa shape index (κ2) is 6.68. The van der Waals surface area contributed by atoms with Crippen LogP contribution in [0.5, 0.6) is 5.75 Å². The molecular weight excluding hydrogens is 281 g/mol. The standard InChI is InChI=1S/C15H15ClFNO2/c1-2-5-20-12-6-10(8-18-9-12)15(19)13-7-11(16)3-4-14(13)17/h3-4,6-9,15,19H,2,5H2,1H3. The van der Waals surface area contributed by atoms with Gasteiger partial charge >= 0.3 is 0 Å². The fraction of sp³-hybridized carbons (Fsp3) is 0.267. The lowest BCUT2D eigenvalue weighted by Gasteiger charge is -2.13. The average Bonchev–Trinajstić information content (AvgIpc) is 2.47. The van der Waals surface area contributed by atoms with Crippen LogP contribution >= 0.6 is 11.6 Å². The van der Waals surface area contributed by atoms with E-state index in [1.165, 1.54) is 24.4 Å². The van der Waals surface area contributed by atoms with Crippen LogP contribution in [0.3, 0.4) is 0 Å². The molecule has 0 spiro atoms. The third-order valence-electron chi connectivity index (χ3n) is 2.78. The highest BCUT2D eigenvalue weighted by Crippen LogP contribution is 2.28. The van der Waals surface area contributed by atoms with Gasteiger partial charge in [0, 0.05) is 22.3 Å². The molecule has 0 radical (unpaired) electrons. The van der Waals surface area contributed by atoms with Crippen molar-refractivity contribution in [2.75, 3.05) is 6.61 Å². The van der Waals surface area contributed by atoms with Gasteiger partial charge in [-0.2, -0.15) is 0 Å². The number of pyridine rings is 1. The van der Waals surface area contributed by atoms with Gasteiger partial charge in [0.15, 0.2) is 0 Å². The summed E-state index contributed by atoms with van der Waals surface area (Å²) in [6.45, 7) is 2.56. The zero-order valence-corrected chi connectivity index (χ0v) is 11.8. The lowest BCUT2D eigenvalue weighted by Crippen LogP contribution is -2.04. The summed E-state index contributed by atoms with van der Waals surface area (Å²) in [6.07, 6.45) is 2.77. The molecule has 106 valence electrons. The fourth-order valence-corrected chi connectivity index (χ4v) is 1.97. The normalized spacial score (nSPS) is 12.2. The van der Waals surface area contributed by atoms with Crippen LogP contribution in [-0.2, 0) is 0 Å². The van der Waals surface area contributed by atoms with Gasteiger partial charge in [0.05, 0.1) is 12.8 Å². The maximum atomic E-state index is 13.7. The molecule has 0 saturated heterocycles. The van der Waals surface area contributed by atoms with E-state index in [0.29, 0.717) is 22.9 Å². The average molecular weight is 296 g/mol. The number of halogens is 2. The van der Waals surface area contributed by atoms with Gasteiger partial charge in [-0.05, 0) is 30.7 Å². The molecular formula is C15H15ClFNO2. The first kappa shape index (κ1) is 14.8. The number of nitrogens with zero attached hydrogens (tertiary/aromatic N) is 1. The highest BCUT2D eigenvalue weighted by Gasteiger charge is 2.16. The van der Waals surface area contributed by atoms with E-state index in [1.54, 1.807) is 12.3 Å². The van der Waals surface area contributed by atoms with E-state index in [-0.39, 0.29) is 5.56 Å². The van der Waals surface area contributed by atoms with Crippen molar-refractivity contribution in [3.8, 4) is 5.75 Å². The zero-order valence-electron chi connectivity index (χ0n) is 11.0. The molecule has 0 bridgehead atoms. The summed E-state index contributed by atoms with van der Waals surface area (Å²) < 4.78 is 19.2. The van der Waals surface area contributed by atoms with Gasteiger partial charge in [-0.3, -0.25) is 4.98 Å². The minimum atomic E-state index is -1.13. The molecule has 0 aliphatic rings. The molecule has 0 aliphatic carbocycles. The quantitative estimate of drug-likeness (QED) is 0.913. The Hall–Kier alpha value is -1.65. The van der Waals surface area contributed by atoms with E-state index in [4.69, 9.17) is 16.3 Å². The predicted octanol–water partition coefficient (Wildman–Crippen LogP) is 3.74. The summed E-state index contributed by atoms with van der Waals surface area (Å²) in [5, 5.41) is 10.6. The molecule has 2 aromatic rings. The monoisotopic (exact) mass is 295 g/mol. The molecule has 20 heavy (non-hydrogen) atoms. The summed E-state index contributed by atoms with van der Waals surface area (Å²) >= 11 is 5.83. The van der Waals surface area contributed by atoms with Crippen molar-refractivity contribution in [1.29, 1.82) is 0 Å². The van der Waals surface area contributed by atoms with E-state index in [2.05, 4.69) is 4.98 Å². The molecule has 1 atom stereocenters. The molecule has 1 N–H and O–H groups in total. The highest BCUT2D eigenvalue weighted by atomic mass is 35.5. The van der Waals surface area contributed by atoms with Crippen molar-refractivity contribution in [2.45, 2.75) is 19.4 Å². The molecule has 5 heteroatoms. The molecule has 0 aliphatic heterocycles. The Kier molecular flexibility index (Phi) is 4.93. The van der Waals surface area contributed by atoms with Crippen LogP contribution in [0.25, 0.3) is 0 Å². The largest absolute Gasteiger partial charge is 0.492 e. The Morgan fingerprint density at radius 1 is 1.35 bits per heavy atom. The van der Waals surface area contributed by atoms with Crippen LogP contribution in [0, 0.1) is 5.82 Å². The first-order chi connectivity index (χ1) is 9.61. The van der Waals surface area contributed by atoms with Gasteiger partial charge in [0.1, 0.15) is 17.7 Å². The number of hydrogen-bond acceptors (Lipinski definition) is 3. The number of aliphatic hydroxyl groups excluding tert-OH is 1. The van der Waals surface area contributed by atoms with Gasteiger partial charge in [0.2, 0.25) is 0 Å². The van der Waals surface area contributed by atoms with Crippen molar-refractivity contribution in [3.63, 3.8) is 0 Å². The third kappa shape index (κ3) is 3.46. The number of aromatic nitrogens is 1. The number of ether oxygens (including phenoxy) is 1. The number of benzene rings is 1. The first-order valence-electron chi connectivity index (χ1n) is 6.32. The predicted molar refractivity (Wildman–Crippen MR) is 75.5 cm³/mol. The molecule has 1 aromatic carbocycles. The fourth-order valence-electron chi connectivity index (χ4n) is 1.79. The summed E-state index contributed by atoms with van der Waals surface area (Å²) in [5.41, 5.74) is 0.576. The summed E-state index contributed by atoms with van der Waals surface area (Å²) in [6, 6.07) is 5.71. The Morgan fingerprint density at radius 3 is 2.90 bits per heavy atom. The molecule has 0 fully saturated rings. The van der Waals surface area contributed by atoms with Crippen molar-refractivity contribution in [1.82, 2.24) is 4.98 Å². The number of aliphatic hydroxyl groups is 1. The van der Waals surface area contributed by atoms with Crippen molar-refractivity contribution < 1.29 is 14.2 Å².